The molecule has 3 nitrogen and oxygen atoms in total. The van der Waals surface area contributed by atoms with Crippen molar-refractivity contribution in [3.8, 4) is 5.88 Å². The SMILES string of the molecule is CCCCCCC(C)Oc1cc(CO)cc(C(C)(C)C)n1. The first kappa shape index (κ1) is 18.0. The lowest BCUT2D eigenvalue weighted by Gasteiger charge is -2.21. The second-order valence-electron chi connectivity index (χ2n) is 6.88. The van der Waals surface area contributed by atoms with E-state index in [-0.39, 0.29) is 18.1 Å². The van der Waals surface area contributed by atoms with Crippen molar-refractivity contribution in [1.82, 2.24) is 4.98 Å². The second kappa shape index (κ2) is 8.38. The highest BCUT2D eigenvalue weighted by molar-refractivity contribution is 5.28. The quantitative estimate of drug-likeness (QED) is 0.712. The Labute approximate surface area is 129 Å². The second-order valence-corrected chi connectivity index (χ2v) is 6.88. The molecule has 21 heavy (non-hydrogen) atoms. The maximum Gasteiger partial charge on any atom is 0.214 e. The Morgan fingerprint density at radius 3 is 2.48 bits per heavy atom. The van der Waals surface area contributed by atoms with Gasteiger partial charge >= 0.3 is 0 Å². The summed E-state index contributed by atoms with van der Waals surface area (Å²) < 4.78 is 5.95. The number of aliphatic hydroxyl groups is 1. The summed E-state index contributed by atoms with van der Waals surface area (Å²) in [4.78, 5) is 4.60. The molecule has 1 heterocycles. The van der Waals surface area contributed by atoms with Crippen molar-refractivity contribution in [2.75, 3.05) is 0 Å². The first-order chi connectivity index (χ1) is 9.86. The zero-order chi connectivity index (χ0) is 15.9. The van der Waals surface area contributed by atoms with E-state index in [2.05, 4.69) is 39.6 Å². The molecule has 1 aromatic heterocycles. The molecular weight excluding hydrogens is 262 g/mol. The largest absolute Gasteiger partial charge is 0.475 e. The molecule has 1 unspecified atom stereocenters. The summed E-state index contributed by atoms with van der Waals surface area (Å²) in [5.74, 6) is 0.634. The molecule has 0 saturated carbocycles. The van der Waals surface area contributed by atoms with Crippen LogP contribution in [0.25, 0.3) is 0 Å². The summed E-state index contributed by atoms with van der Waals surface area (Å²) >= 11 is 0. The zero-order valence-electron chi connectivity index (χ0n) is 14.3. The van der Waals surface area contributed by atoms with Crippen LogP contribution in [0.2, 0.25) is 0 Å². The minimum absolute atomic E-state index is 0.0207. The van der Waals surface area contributed by atoms with Crippen LogP contribution in [0.4, 0.5) is 0 Å². The van der Waals surface area contributed by atoms with Crippen molar-refractivity contribution in [2.45, 2.75) is 84.8 Å². The van der Waals surface area contributed by atoms with E-state index in [1.54, 1.807) is 0 Å². The number of aliphatic hydroxyl groups excluding tert-OH is 1. The minimum Gasteiger partial charge on any atom is -0.475 e. The summed E-state index contributed by atoms with van der Waals surface area (Å²) in [5.41, 5.74) is 1.78. The Morgan fingerprint density at radius 2 is 1.90 bits per heavy atom. The molecule has 1 rings (SSSR count). The number of pyridine rings is 1. The van der Waals surface area contributed by atoms with Gasteiger partial charge in [-0.1, -0.05) is 47.0 Å². The summed E-state index contributed by atoms with van der Waals surface area (Å²) in [6.45, 7) is 10.7. The lowest BCUT2D eigenvalue weighted by Crippen LogP contribution is -2.17. The van der Waals surface area contributed by atoms with Crippen LogP contribution in [0, 0.1) is 0 Å². The van der Waals surface area contributed by atoms with E-state index >= 15 is 0 Å². The third kappa shape index (κ3) is 6.47. The minimum atomic E-state index is -0.0480. The van der Waals surface area contributed by atoms with E-state index in [1.165, 1.54) is 25.7 Å². The molecule has 3 heteroatoms. The summed E-state index contributed by atoms with van der Waals surface area (Å²) in [5, 5.41) is 9.40. The molecule has 1 N–H and O–H groups in total. The van der Waals surface area contributed by atoms with Crippen LogP contribution in [0.1, 0.15) is 78.0 Å². The summed E-state index contributed by atoms with van der Waals surface area (Å²) in [6.07, 6.45) is 6.22. The van der Waals surface area contributed by atoms with Crippen molar-refractivity contribution < 1.29 is 9.84 Å². The fraction of sp³-hybridized carbons (Fsp3) is 0.722. The number of aromatic nitrogens is 1. The van der Waals surface area contributed by atoms with Crippen LogP contribution in [0.5, 0.6) is 5.88 Å². The Hall–Kier alpha value is -1.09. The molecule has 0 aliphatic rings. The van der Waals surface area contributed by atoms with Gasteiger partial charge in [0.2, 0.25) is 5.88 Å². The van der Waals surface area contributed by atoms with E-state index in [4.69, 9.17) is 4.74 Å². The fourth-order valence-corrected chi connectivity index (χ4v) is 2.22. The highest BCUT2D eigenvalue weighted by Gasteiger charge is 2.18. The van der Waals surface area contributed by atoms with Crippen LogP contribution >= 0.6 is 0 Å². The Balaban J connectivity index is 2.69. The number of ether oxygens (including phenoxy) is 1. The van der Waals surface area contributed by atoms with Crippen molar-refractivity contribution in [3.63, 3.8) is 0 Å². The van der Waals surface area contributed by atoms with Gasteiger partial charge in [-0.15, -0.1) is 0 Å². The van der Waals surface area contributed by atoms with Crippen LogP contribution in [-0.2, 0) is 12.0 Å². The normalized spacial score (nSPS) is 13.2. The maximum absolute atomic E-state index is 9.40. The summed E-state index contributed by atoms with van der Waals surface area (Å²) in [6, 6.07) is 3.80. The number of hydrogen-bond acceptors (Lipinski definition) is 3. The molecule has 0 saturated heterocycles. The highest BCUT2D eigenvalue weighted by Crippen LogP contribution is 2.25. The van der Waals surface area contributed by atoms with E-state index in [0.29, 0.717) is 5.88 Å². The van der Waals surface area contributed by atoms with Gasteiger partial charge in [-0.2, -0.15) is 0 Å². The van der Waals surface area contributed by atoms with Gasteiger partial charge in [-0.05, 0) is 31.4 Å². The highest BCUT2D eigenvalue weighted by atomic mass is 16.5. The smallest absolute Gasteiger partial charge is 0.214 e. The van der Waals surface area contributed by atoms with Gasteiger partial charge < -0.3 is 9.84 Å². The van der Waals surface area contributed by atoms with Crippen molar-refractivity contribution in [1.29, 1.82) is 0 Å². The van der Waals surface area contributed by atoms with Crippen LogP contribution in [-0.4, -0.2) is 16.2 Å². The number of rotatable bonds is 8. The Kier molecular flexibility index (Phi) is 7.16. The van der Waals surface area contributed by atoms with Crippen LogP contribution in [0.3, 0.4) is 0 Å². The molecule has 0 radical (unpaired) electrons. The Bertz CT molecular complexity index is 424. The van der Waals surface area contributed by atoms with Gasteiger partial charge in [-0.25, -0.2) is 4.98 Å². The molecule has 0 bridgehead atoms. The van der Waals surface area contributed by atoms with Crippen molar-refractivity contribution in [3.05, 3.63) is 23.4 Å². The van der Waals surface area contributed by atoms with E-state index in [9.17, 15) is 5.11 Å². The van der Waals surface area contributed by atoms with Crippen LogP contribution in [0.15, 0.2) is 12.1 Å². The lowest BCUT2D eigenvalue weighted by atomic mass is 9.91. The van der Waals surface area contributed by atoms with E-state index in [1.807, 2.05) is 12.1 Å². The third-order valence-electron chi connectivity index (χ3n) is 3.60. The van der Waals surface area contributed by atoms with Gasteiger partial charge in [0.1, 0.15) is 0 Å². The molecular formula is C18H31NO2. The predicted octanol–water partition coefficient (Wildman–Crippen LogP) is 4.61. The monoisotopic (exact) mass is 293 g/mol. The standard InChI is InChI=1S/C18H31NO2/c1-6-7-8-9-10-14(2)21-17-12-15(13-20)11-16(19-17)18(3,4)5/h11-12,14,20H,6-10,13H2,1-5H3. The Morgan fingerprint density at radius 1 is 1.19 bits per heavy atom. The third-order valence-corrected chi connectivity index (χ3v) is 3.60. The first-order valence-corrected chi connectivity index (χ1v) is 8.15. The zero-order valence-corrected chi connectivity index (χ0v) is 14.3. The number of hydrogen-bond donors (Lipinski definition) is 1. The van der Waals surface area contributed by atoms with Crippen LogP contribution < -0.4 is 4.74 Å². The molecule has 0 amide bonds. The van der Waals surface area contributed by atoms with Crippen molar-refractivity contribution in [2.24, 2.45) is 0 Å². The van der Waals surface area contributed by atoms with Gasteiger partial charge in [0, 0.05) is 11.5 Å². The predicted molar refractivity (Wildman–Crippen MR) is 87.7 cm³/mol. The fourth-order valence-electron chi connectivity index (χ4n) is 2.22. The number of nitrogens with zero attached hydrogens (tertiary/aromatic N) is 1. The molecule has 0 spiro atoms. The molecule has 120 valence electrons. The maximum atomic E-state index is 9.40. The van der Waals surface area contributed by atoms with Gasteiger partial charge in [-0.3, -0.25) is 0 Å². The van der Waals surface area contributed by atoms with E-state index < -0.39 is 0 Å². The van der Waals surface area contributed by atoms with Gasteiger partial charge in [0.05, 0.1) is 18.4 Å². The molecule has 0 aliphatic carbocycles. The van der Waals surface area contributed by atoms with E-state index in [0.717, 1.165) is 17.7 Å². The first-order valence-electron chi connectivity index (χ1n) is 8.15. The summed E-state index contributed by atoms with van der Waals surface area (Å²) in [7, 11) is 0. The lowest BCUT2D eigenvalue weighted by molar-refractivity contribution is 0.196. The van der Waals surface area contributed by atoms with Crippen molar-refractivity contribution >= 4 is 0 Å². The molecule has 1 atom stereocenters. The van der Waals surface area contributed by atoms with Gasteiger partial charge in [0.15, 0.2) is 0 Å². The van der Waals surface area contributed by atoms with Gasteiger partial charge in [0.25, 0.3) is 0 Å². The molecule has 1 aromatic rings. The molecule has 0 aromatic carbocycles. The molecule has 0 fully saturated rings. The average molecular weight is 293 g/mol. The number of unbranched alkanes of at least 4 members (excludes halogenated alkanes) is 3. The average Bonchev–Trinajstić information content (AvgIpc) is 2.42. The molecule has 0 aliphatic heterocycles. The topological polar surface area (TPSA) is 42.4 Å².